The third-order valence-corrected chi connectivity index (χ3v) is 6.67. The van der Waals surface area contributed by atoms with Crippen molar-refractivity contribution in [3.05, 3.63) is 0 Å². The van der Waals surface area contributed by atoms with E-state index in [1.165, 1.54) is 71.1 Å². The molecular weight excluding hydrogens is 485 g/mol. The molecule has 2 atom stereocenters. The molecule has 0 aromatic carbocycles. The topological polar surface area (TPSA) is 108 Å². The Labute approximate surface area is 219 Å². The van der Waals surface area contributed by atoms with E-state index in [4.69, 9.17) is 18.5 Å². The Morgan fingerprint density at radius 2 is 1.31 bits per heavy atom. The molecule has 36 heavy (non-hydrogen) atoms. The minimum atomic E-state index is -4.31. The summed E-state index contributed by atoms with van der Waals surface area (Å²) in [6.07, 6.45) is 15.3. The zero-order chi connectivity index (χ0) is 27.3. The maximum absolute atomic E-state index is 12.0. The largest absolute Gasteiger partial charge is 0.472 e. The van der Waals surface area contributed by atoms with Gasteiger partial charge >= 0.3 is 19.8 Å². The summed E-state index contributed by atoms with van der Waals surface area (Å²) in [7, 11) is 1.47. The Morgan fingerprint density at radius 1 is 0.806 bits per heavy atom. The summed E-state index contributed by atoms with van der Waals surface area (Å²) in [6.45, 7) is 3.34. The molecule has 0 aliphatic heterocycles. The number of ether oxygens (including phenoxy) is 2. The van der Waals surface area contributed by atoms with Crippen molar-refractivity contribution < 1.29 is 42.1 Å². The predicted octanol–water partition coefficient (Wildman–Crippen LogP) is 5.78. The second-order valence-electron chi connectivity index (χ2n) is 10.5. The fraction of sp³-hybridized carbons (Fsp3) is 0.923. The number of carbonyl (C=O) groups excluding carboxylic acids is 2. The zero-order valence-corrected chi connectivity index (χ0v) is 24.4. The molecule has 0 aromatic heterocycles. The smallest absolute Gasteiger partial charge is 0.462 e. The van der Waals surface area contributed by atoms with E-state index in [1.54, 1.807) is 0 Å². The van der Waals surface area contributed by atoms with Gasteiger partial charge in [0.1, 0.15) is 19.8 Å². The molecule has 214 valence electrons. The van der Waals surface area contributed by atoms with Crippen LogP contribution in [-0.2, 0) is 32.7 Å². The zero-order valence-electron chi connectivity index (χ0n) is 23.5. The van der Waals surface area contributed by atoms with Crippen molar-refractivity contribution in [3.63, 3.8) is 0 Å². The van der Waals surface area contributed by atoms with E-state index in [0.29, 0.717) is 11.0 Å². The van der Waals surface area contributed by atoms with Crippen LogP contribution in [0.5, 0.6) is 0 Å². The first kappa shape index (κ1) is 35.0. The summed E-state index contributed by atoms with van der Waals surface area (Å²) in [5, 5.41) is 0. The number of esters is 2. The second-order valence-corrected chi connectivity index (χ2v) is 12.0. The van der Waals surface area contributed by atoms with Gasteiger partial charge in [0.15, 0.2) is 6.10 Å². The average molecular weight is 539 g/mol. The quantitative estimate of drug-likeness (QED) is 0.0713. The molecule has 0 spiro atoms. The molecule has 0 radical (unpaired) electrons. The number of nitrogens with zero attached hydrogens (tertiary/aromatic N) is 1. The van der Waals surface area contributed by atoms with E-state index in [9.17, 15) is 19.0 Å². The number of rotatable bonds is 24. The minimum Gasteiger partial charge on any atom is -0.462 e. The van der Waals surface area contributed by atoms with Crippen LogP contribution in [0.4, 0.5) is 0 Å². The average Bonchev–Trinajstić information content (AvgIpc) is 2.77. The molecule has 0 aliphatic carbocycles. The fourth-order valence-electron chi connectivity index (χ4n) is 3.54. The van der Waals surface area contributed by atoms with Crippen LogP contribution in [0.15, 0.2) is 0 Å². The van der Waals surface area contributed by atoms with Gasteiger partial charge in [0, 0.05) is 13.3 Å². The van der Waals surface area contributed by atoms with Crippen molar-refractivity contribution >= 4 is 19.8 Å². The maximum Gasteiger partial charge on any atom is 0.472 e. The lowest BCUT2D eigenvalue weighted by Crippen LogP contribution is -2.37. The van der Waals surface area contributed by atoms with Crippen LogP contribution in [0.3, 0.4) is 0 Å². The van der Waals surface area contributed by atoms with Crippen LogP contribution in [0, 0.1) is 0 Å². The molecule has 0 saturated carbocycles. The summed E-state index contributed by atoms with van der Waals surface area (Å²) >= 11 is 0. The summed E-state index contributed by atoms with van der Waals surface area (Å²) in [5.74, 6) is -0.989. The Balaban J connectivity index is 3.95. The molecule has 9 nitrogen and oxygen atoms in total. The van der Waals surface area contributed by atoms with Crippen LogP contribution >= 0.6 is 7.82 Å². The van der Waals surface area contributed by atoms with E-state index >= 15 is 0 Å². The first-order valence-corrected chi connectivity index (χ1v) is 15.2. The Morgan fingerprint density at radius 3 is 1.78 bits per heavy atom. The molecule has 0 aromatic rings. The minimum absolute atomic E-state index is 0.0314. The van der Waals surface area contributed by atoms with Gasteiger partial charge in [-0.1, -0.05) is 84.0 Å². The van der Waals surface area contributed by atoms with Crippen LogP contribution in [0.1, 0.15) is 104 Å². The molecule has 0 saturated heterocycles. The summed E-state index contributed by atoms with van der Waals surface area (Å²) < 4.78 is 32.7. The van der Waals surface area contributed by atoms with E-state index in [0.717, 1.165) is 19.3 Å². The molecule has 1 unspecified atom stereocenters. The second kappa shape index (κ2) is 21.0. The lowest BCUT2D eigenvalue weighted by atomic mass is 10.0. The third-order valence-electron chi connectivity index (χ3n) is 5.69. The highest BCUT2D eigenvalue weighted by Crippen LogP contribution is 2.43. The van der Waals surface area contributed by atoms with Crippen LogP contribution in [-0.4, -0.2) is 74.9 Å². The van der Waals surface area contributed by atoms with E-state index in [2.05, 4.69) is 6.92 Å². The number of hydrogen-bond acceptors (Lipinski definition) is 7. The maximum atomic E-state index is 12.0. The first-order valence-electron chi connectivity index (χ1n) is 13.7. The van der Waals surface area contributed by atoms with Crippen LogP contribution in [0.25, 0.3) is 0 Å². The molecule has 0 rings (SSSR count). The van der Waals surface area contributed by atoms with Gasteiger partial charge in [-0.05, 0) is 6.42 Å². The molecular formula is C26H53NO8P+. The van der Waals surface area contributed by atoms with Crippen LogP contribution in [0.2, 0.25) is 0 Å². The fourth-order valence-corrected chi connectivity index (χ4v) is 4.28. The van der Waals surface area contributed by atoms with Gasteiger partial charge in [0.05, 0.1) is 27.7 Å². The van der Waals surface area contributed by atoms with Gasteiger partial charge in [0.25, 0.3) is 0 Å². The van der Waals surface area contributed by atoms with Gasteiger partial charge < -0.3 is 18.9 Å². The van der Waals surface area contributed by atoms with Gasteiger partial charge in [-0.15, -0.1) is 0 Å². The van der Waals surface area contributed by atoms with Crippen molar-refractivity contribution in [1.29, 1.82) is 0 Å². The number of quaternary nitrogens is 1. The van der Waals surface area contributed by atoms with Gasteiger partial charge in [-0.3, -0.25) is 18.6 Å². The van der Waals surface area contributed by atoms with Crippen molar-refractivity contribution in [2.24, 2.45) is 0 Å². The number of likely N-dealkylation sites (N-methyl/N-ethyl adjacent to an activating group) is 1. The molecule has 10 heteroatoms. The summed E-state index contributed by atoms with van der Waals surface area (Å²) in [5.41, 5.74) is 0. The number of phosphoric ester groups is 1. The summed E-state index contributed by atoms with van der Waals surface area (Å²) in [6, 6.07) is 0. The predicted molar refractivity (Wildman–Crippen MR) is 141 cm³/mol. The molecule has 0 amide bonds. The molecule has 0 bridgehead atoms. The SMILES string of the molecule is CCCCCCCCCCCCCCCC(=O)OC[C@@H](COP(=O)(O)OCC[N+](C)(C)C)OC(C)=O. The number of carbonyl (C=O) groups is 2. The standard InChI is InChI=1S/C26H52NO8P/c1-6-7-8-9-10-11-12-13-14-15-16-17-18-19-26(29)32-22-25(35-24(2)28)23-34-36(30,31)33-21-20-27(3,4)5/h25H,6-23H2,1-5H3/p+1/t25-/m0/s1. The van der Waals surface area contributed by atoms with Gasteiger partial charge in [0.2, 0.25) is 0 Å². The number of hydrogen-bond donors (Lipinski definition) is 1. The third kappa shape index (κ3) is 24.7. The van der Waals surface area contributed by atoms with Gasteiger partial charge in [-0.2, -0.15) is 0 Å². The monoisotopic (exact) mass is 538 g/mol. The Kier molecular flexibility index (Phi) is 20.4. The van der Waals surface area contributed by atoms with Gasteiger partial charge in [-0.25, -0.2) is 4.57 Å². The Hall–Kier alpha value is -0.990. The van der Waals surface area contributed by atoms with Crippen molar-refractivity contribution in [3.8, 4) is 0 Å². The Bertz CT molecular complexity index is 624. The molecule has 0 fully saturated rings. The molecule has 0 heterocycles. The van der Waals surface area contributed by atoms with Crippen molar-refractivity contribution in [2.45, 2.75) is 110 Å². The first-order chi connectivity index (χ1) is 16.9. The number of phosphoric acid groups is 1. The highest BCUT2D eigenvalue weighted by molar-refractivity contribution is 7.47. The van der Waals surface area contributed by atoms with Crippen molar-refractivity contribution in [2.75, 3.05) is 47.5 Å². The van der Waals surface area contributed by atoms with E-state index in [1.807, 2.05) is 21.1 Å². The normalized spacial score (nSPS) is 14.3. The van der Waals surface area contributed by atoms with Crippen molar-refractivity contribution in [1.82, 2.24) is 0 Å². The van der Waals surface area contributed by atoms with E-state index in [-0.39, 0.29) is 25.6 Å². The highest BCUT2D eigenvalue weighted by atomic mass is 31.2. The highest BCUT2D eigenvalue weighted by Gasteiger charge is 2.26. The molecule has 1 N–H and O–H groups in total. The summed E-state index contributed by atoms with van der Waals surface area (Å²) in [4.78, 5) is 33.2. The lowest BCUT2D eigenvalue weighted by molar-refractivity contribution is -0.870. The lowest BCUT2D eigenvalue weighted by Gasteiger charge is -2.24. The van der Waals surface area contributed by atoms with E-state index < -0.39 is 26.5 Å². The van der Waals surface area contributed by atoms with Crippen LogP contribution < -0.4 is 0 Å². The molecule has 0 aliphatic rings. The number of unbranched alkanes of at least 4 members (excludes halogenated alkanes) is 12.